The third-order valence-corrected chi connectivity index (χ3v) is 5.40. The molecule has 24 heavy (non-hydrogen) atoms. The summed E-state index contributed by atoms with van der Waals surface area (Å²) < 4.78 is 17.0. The zero-order valence-electron chi connectivity index (χ0n) is 15.0. The van der Waals surface area contributed by atoms with Crippen molar-refractivity contribution in [1.29, 1.82) is 0 Å². The number of rotatable bonds is 4. The van der Waals surface area contributed by atoms with Crippen LogP contribution in [0.15, 0.2) is 18.2 Å². The van der Waals surface area contributed by atoms with Crippen LogP contribution in [-0.2, 0) is 11.3 Å². The third kappa shape index (κ3) is 3.68. The maximum Gasteiger partial charge on any atom is 0.165 e. The summed E-state index contributed by atoms with van der Waals surface area (Å²) in [7, 11) is 3.35. The fourth-order valence-electron chi connectivity index (χ4n) is 4.08. The van der Waals surface area contributed by atoms with Gasteiger partial charge in [-0.25, -0.2) is 0 Å². The van der Waals surface area contributed by atoms with Crippen LogP contribution in [0.2, 0.25) is 0 Å². The van der Waals surface area contributed by atoms with Gasteiger partial charge in [-0.1, -0.05) is 12.1 Å². The Hall–Kier alpha value is -1.30. The molecule has 0 aliphatic carbocycles. The van der Waals surface area contributed by atoms with E-state index in [1.807, 2.05) is 19.1 Å². The van der Waals surface area contributed by atoms with Crippen molar-refractivity contribution < 1.29 is 19.3 Å². The molecule has 2 fully saturated rings. The molecular formula is C19H29NO4. The van der Waals surface area contributed by atoms with Gasteiger partial charge in [0.1, 0.15) is 0 Å². The van der Waals surface area contributed by atoms with E-state index in [9.17, 15) is 5.11 Å². The number of ether oxygens (including phenoxy) is 3. The van der Waals surface area contributed by atoms with Gasteiger partial charge in [-0.2, -0.15) is 0 Å². The van der Waals surface area contributed by atoms with E-state index in [2.05, 4.69) is 11.0 Å². The van der Waals surface area contributed by atoms with Gasteiger partial charge in [0.15, 0.2) is 11.5 Å². The third-order valence-electron chi connectivity index (χ3n) is 5.40. The number of hydrogen-bond acceptors (Lipinski definition) is 5. The number of hydrogen-bond donors (Lipinski definition) is 1. The minimum Gasteiger partial charge on any atom is -0.493 e. The smallest absolute Gasteiger partial charge is 0.165 e. The number of methoxy groups -OCH3 is 2. The van der Waals surface area contributed by atoms with E-state index < -0.39 is 5.60 Å². The molecule has 0 bridgehead atoms. The molecule has 0 radical (unpaired) electrons. The molecule has 5 heteroatoms. The van der Waals surface area contributed by atoms with Crippen LogP contribution in [0, 0.1) is 0 Å². The maximum absolute atomic E-state index is 10.4. The Labute approximate surface area is 144 Å². The van der Waals surface area contributed by atoms with Gasteiger partial charge in [-0.3, -0.25) is 4.90 Å². The number of likely N-dealkylation sites (tertiary alicyclic amines) is 1. The van der Waals surface area contributed by atoms with Crippen molar-refractivity contribution in [3.05, 3.63) is 23.8 Å². The quantitative estimate of drug-likeness (QED) is 0.917. The van der Waals surface area contributed by atoms with E-state index in [-0.39, 0.29) is 5.60 Å². The van der Waals surface area contributed by atoms with Gasteiger partial charge in [0.2, 0.25) is 0 Å². The second-order valence-electron chi connectivity index (χ2n) is 7.38. The highest BCUT2D eigenvalue weighted by molar-refractivity contribution is 5.46. The predicted molar refractivity (Wildman–Crippen MR) is 92.6 cm³/mol. The van der Waals surface area contributed by atoms with E-state index in [1.165, 1.54) is 0 Å². The largest absolute Gasteiger partial charge is 0.493 e. The first-order valence-electron chi connectivity index (χ1n) is 8.76. The summed E-state index contributed by atoms with van der Waals surface area (Å²) in [6, 6.07) is 6.02. The van der Waals surface area contributed by atoms with Crippen molar-refractivity contribution in [2.24, 2.45) is 0 Å². The summed E-state index contributed by atoms with van der Waals surface area (Å²) >= 11 is 0. The van der Waals surface area contributed by atoms with Crippen LogP contribution < -0.4 is 9.47 Å². The van der Waals surface area contributed by atoms with Crippen LogP contribution in [-0.4, -0.2) is 55.1 Å². The van der Waals surface area contributed by atoms with Crippen LogP contribution in [0.25, 0.3) is 0 Å². The molecule has 0 amide bonds. The highest BCUT2D eigenvalue weighted by atomic mass is 16.5. The summed E-state index contributed by atoms with van der Waals surface area (Å²) in [5, 5.41) is 10.4. The van der Waals surface area contributed by atoms with Gasteiger partial charge in [0.25, 0.3) is 0 Å². The van der Waals surface area contributed by atoms with Crippen molar-refractivity contribution in [3.8, 4) is 11.5 Å². The summed E-state index contributed by atoms with van der Waals surface area (Å²) in [4.78, 5) is 2.43. The molecule has 0 saturated carbocycles. The highest BCUT2D eigenvalue weighted by Crippen LogP contribution is 2.40. The number of benzene rings is 1. The zero-order valence-corrected chi connectivity index (χ0v) is 15.0. The van der Waals surface area contributed by atoms with Gasteiger partial charge in [0.05, 0.1) is 32.0 Å². The molecule has 2 aliphatic heterocycles. The van der Waals surface area contributed by atoms with Crippen LogP contribution in [0.4, 0.5) is 0 Å². The molecule has 1 aromatic rings. The summed E-state index contributed by atoms with van der Waals surface area (Å²) in [6.45, 7) is 5.38. The van der Waals surface area contributed by atoms with Gasteiger partial charge < -0.3 is 19.3 Å². The standard InChI is InChI=1S/C19H29NO4/c1-18(21)9-12-24-19(14-18)7-10-20(11-8-19)13-15-5-4-6-16(22-2)17(15)23-3/h4-6,21H,7-14H2,1-3H3. The lowest BCUT2D eigenvalue weighted by Crippen LogP contribution is -2.53. The van der Waals surface area contributed by atoms with Crippen LogP contribution in [0.1, 0.15) is 38.2 Å². The zero-order chi connectivity index (χ0) is 17.2. The Morgan fingerprint density at radius 2 is 1.92 bits per heavy atom. The fourth-order valence-corrected chi connectivity index (χ4v) is 4.08. The first-order valence-corrected chi connectivity index (χ1v) is 8.76. The molecule has 3 rings (SSSR count). The second-order valence-corrected chi connectivity index (χ2v) is 7.38. The van der Waals surface area contributed by atoms with E-state index in [0.717, 1.165) is 62.4 Å². The van der Waals surface area contributed by atoms with Crippen molar-refractivity contribution in [2.45, 2.75) is 50.4 Å². The second kappa shape index (κ2) is 6.90. The molecule has 1 aromatic carbocycles. The van der Waals surface area contributed by atoms with E-state index in [4.69, 9.17) is 14.2 Å². The fraction of sp³-hybridized carbons (Fsp3) is 0.684. The average molecular weight is 335 g/mol. The summed E-state index contributed by atoms with van der Waals surface area (Å²) in [6.07, 6.45) is 3.42. The lowest BCUT2D eigenvalue weighted by Gasteiger charge is -2.48. The predicted octanol–water partition coefficient (Wildman–Crippen LogP) is 2.60. The van der Waals surface area contributed by atoms with Crippen LogP contribution in [0.5, 0.6) is 11.5 Å². The minimum atomic E-state index is -0.587. The highest BCUT2D eigenvalue weighted by Gasteiger charge is 2.44. The van der Waals surface area contributed by atoms with E-state index in [1.54, 1.807) is 14.2 Å². The molecule has 1 N–H and O–H groups in total. The maximum atomic E-state index is 10.4. The van der Waals surface area contributed by atoms with Crippen molar-refractivity contribution in [2.75, 3.05) is 33.9 Å². The monoisotopic (exact) mass is 335 g/mol. The lowest BCUT2D eigenvalue weighted by molar-refractivity contribution is -0.173. The van der Waals surface area contributed by atoms with E-state index in [0.29, 0.717) is 6.61 Å². The Kier molecular flexibility index (Phi) is 5.04. The molecular weight excluding hydrogens is 306 g/mol. The molecule has 0 aromatic heterocycles. The van der Waals surface area contributed by atoms with Gasteiger partial charge >= 0.3 is 0 Å². The molecule has 2 aliphatic rings. The number of para-hydroxylation sites is 1. The molecule has 134 valence electrons. The summed E-state index contributed by atoms with van der Waals surface area (Å²) in [5.41, 5.74) is 0.414. The Morgan fingerprint density at radius 3 is 2.54 bits per heavy atom. The van der Waals surface area contributed by atoms with Crippen LogP contribution >= 0.6 is 0 Å². The van der Waals surface area contributed by atoms with Gasteiger partial charge in [-0.15, -0.1) is 0 Å². The molecule has 2 heterocycles. The summed E-state index contributed by atoms with van der Waals surface area (Å²) in [5.74, 6) is 1.59. The normalized spacial score (nSPS) is 27.2. The number of aliphatic hydroxyl groups is 1. The van der Waals surface area contributed by atoms with Crippen molar-refractivity contribution >= 4 is 0 Å². The SMILES string of the molecule is COc1cccc(CN2CCC3(CC2)CC(C)(O)CCO3)c1OC. The first-order chi connectivity index (χ1) is 11.5. The number of piperidine rings is 1. The Morgan fingerprint density at radius 1 is 1.17 bits per heavy atom. The molecule has 5 nitrogen and oxygen atoms in total. The molecule has 1 atom stereocenters. The van der Waals surface area contributed by atoms with Crippen molar-refractivity contribution in [3.63, 3.8) is 0 Å². The molecule has 1 spiro atoms. The van der Waals surface area contributed by atoms with E-state index >= 15 is 0 Å². The topological polar surface area (TPSA) is 51.2 Å². The lowest BCUT2D eigenvalue weighted by atomic mass is 9.78. The first kappa shape index (κ1) is 17.5. The minimum absolute atomic E-state index is 0.142. The average Bonchev–Trinajstić information content (AvgIpc) is 2.56. The van der Waals surface area contributed by atoms with Gasteiger partial charge in [0, 0.05) is 31.6 Å². The van der Waals surface area contributed by atoms with Gasteiger partial charge in [-0.05, 0) is 32.3 Å². The Bertz CT molecular complexity index is 564. The molecule has 2 saturated heterocycles. The van der Waals surface area contributed by atoms with Crippen molar-refractivity contribution in [1.82, 2.24) is 4.90 Å². The number of nitrogens with zero attached hydrogens (tertiary/aromatic N) is 1. The molecule has 1 unspecified atom stereocenters. The Balaban J connectivity index is 1.64. The van der Waals surface area contributed by atoms with Crippen LogP contribution in [0.3, 0.4) is 0 Å².